The van der Waals surface area contributed by atoms with Crippen LogP contribution in [0.4, 0.5) is 0 Å². The number of rotatable bonds is 6. The van der Waals surface area contributed by atoms with Crippen LogP contribution in [0.3, 0.4) is 0 Å². The molecule has 0 unspecified atom stereocenters. The topological polar surface area (TPSA) is 44.4 Å². The second-order valence-corrected chi connectivity index (χ2v) is 6.46. The maximum atomic E-state index is 11.9. The fourth-order valence-electron chi connectivity index (χ4n) is 3.51. The molecule has 2 N–H and O–H groups in total. The first-order valence-corrected chi connectivity index (χ1v) is 7.80. The Morgan fingerprint density at radius 2 is 1.79 bits per heavy atom. The van der Waals surface area contributed by atoms with E-state index in [-0.39, 0.29) is 11.4 Å². The van der Waals surface area contributed by atoms with E-state index in [9.17, 15) is 4.79 Å². The highest BCUT2D eigenvalue weighted by Gasteiger charge is 2.36. The molecule has 2 fully saturated rings. The number of nitrogens with zero attached hydrogens (tertiary/aromatic N) is 1. The van der Waals surface area contributed by atoms with E-state index in [1.807, 2.05) is 0 Å². The molecule has 0 saturated heterocycles. The molecule has 2 aliphatic rings. The highest BCUT2D eigenvalue weighted by Crippen LogP contribution is 2.32. The van der Waals surface area contributed by atoms with Gasteiger partial charge < -0.3 is 15.5 Å². The minimum absolute atomic E-state index is 0.153. The summed E-state index contributed by atoms with van der Waals surface area (Å²) in [6, 6.07) is 0.569. The molecular weight excluding hydrogens is 238 g/mol. The molecule has 0 aliphatic heterocycles. The molecule has 0 bridgehead atoms. The average molecular weight is 267 g/mol. The minimum atomic E-state index is 0.153. The van der Waals surface area contributed by atoms with Gasteiger partial charge in [0.05, 0.1) is 6.54 Å². The SMILES string of the molecule is CN(C)C1(CNC(=O)CNC2CCCC2)CCCC1. The van der Waals surface area contributed by atoms with Gasteiger partial charge in [-0.2, -0.15) is 0 Å². The Balaban J connectivity index is 1.69. The van der Waals surface area contributed by atoms with Crippen LogP contribution in [0.1, 0.15) is 51.4 Å². The summed E-state index contributed by atoms with van der Waals surface area (Å²) in [6.45, 7) is 1.28. The molecule has 2 saturated carbocycles. The summed E-state index contributed by atoms with van der Waals surface area (Å²) in [7, 11) is 4.27. The van der Waals surface area contributed by atoms with Gasteiger partial charge in [-0.05, 0) is 39.8 Å². The van der Waals surface area contributed by atoms with E-state index in [2.05, 4.69) is 29.6 Å². The first-order chi connectivity index (χ1) is 9.12. The van der Waals surface area contributed by atoms with Gasteiger partial charge in [0.15, 0.2) is 0 Å². The van der Waals surface area contributed by atoms with Crippen molar-refractivity contribution in [2.45, 2.75) is 62.9 Å². The largest absolute Gasteiger partial charge is 0.353 e. The van der Waals surface area contributed by atoms with Crippen molar-refractivity contribution in [2.24, 2.45) is 0 Å². The van der Waals surface area contributed by atoms with Crippen LogP contribution in [0.25, 0.3) is 0 Å². The van der Waals surface area contributed by atoms with Crippen LogP contribution < -0.4 is 10.6 Å². The summed E-state index contributed by atoms with van der Waals surface area (Å²) in [5.41, 5.74) is 0.197. The van der Waals surface area contributed by atoms with Crippen LogP contribution in [0.5, 0.6) is 0 Å². The highest BCUT2D eigenvalue weighted by molar-refractivity contribution is 5.78. The van der Waals surface area contributed by atoms with Gasteiger partial charge in [-0.3, -0.25) is 4.79 Å². The lowest BCUT2D eigenvalue weighted by molar-refractivity contribution is -0.121. The number of hydrogen-bond acceptors (Lipinski definition) is 3. The van der Waals surface area contributed by atoms with Crippen LogP contribution in [0.15, 0.2) is 0 Å². The molecule has 0 aromatic rings. The van der Waals surface area contributed by atoms with E-state index in [0.717, 1.165) is 6.54 Å². The minimum Gasteiger partial charge on any atom is -0.353 e. The smallest absolute Gasteiger partial charge is 0.234 e. The molecule has 0 aromatic carbocycles. The number of hydrogen-bond donors (Lipinski definition) is 2. The predicted molar refractivity (Wildman–Crippen MR) is 78.2 cm³/mol. The lowest BCUT2D eigenvalue weighted by Gasteiger charge is -2.36. The third-order valence-electron chi connectivity index (χ3n) is 5.00. The second kappa shape index (κ2) is 6.71. The molecule has 0 radical (unpaired) electrons. The number of nitrogens with one attached hydrogen (secondary N) is 2. The molecule has 4 nitrogen and oxygen atoms in total. The molecule has 0 heterocycles. The normalized spacial score (nSPS) is 23.1. The zero-order valence-electron chi connectivity index (χ0n) is 12.5. The van der Waals surface area contributed by atoms with Crippen LogP contribution in [-0.4, -0.2) is 49.6 Å². The summed E-state index contributed by atoms with van der Waals surface area (Å²) in [4.78, 5) is 14.2. The van der Waals surface area contributed by atoms with Crippen LogP contribution >= 0.6 is 0 Å². The monoisotopic (exact) mass is 267 g/mol. The van der Waals surface area contributed by atoms with Crippen LogP contribution in [0, 0.1) is 0 Å². The van der Waals surface area contributed by atoms with E-state index >= 15 is 0 Å². The number of likely N-dealkylation sites (N-methyl/N-ethyl adjacent to an activating group) is 1. The Bertz CT molecular complexity index is 292. The molecule has 4 heteroatoms. The highest BCUT2D eigenvalue weighted by atomic mass is 16.1. The zero-order chi connectivity index (χ0) is 13.7. The first kappa shape index (κ1) is 14.8. The van der Waals surface area contributed by atoms with E-state index in [1.165, 1.54) is 51.4 Å². The van der Waals surface area contributed by atoms with Gasteiger partial charge in [0.2, 0.25) is 5.91 Å². The molecule has 2 aliphatic carbocycles. The van der Waals surface area contributed by atoms with Gasteiger partial charge in [0, 0.05) is 18.1 Å². The number of amides is 1. The molecule has 19 heavy (non-hydrogen) atoms. The third-order valence-corrected chi connectivity index (χ3v) is 5.00. The Morgan fingerprint density at radius 3 is 2.37 bits per heavy atom. The fraction of sp³-hybridized carbons (Fsp3) is 0.933. The van der Waals surface area contributed by atoms with Gasteiger partial charge in [0.25, 0.3) is 0 Å². The molecule has 0 aromatic heterocycles. The maximum Gasteiger partial charge on any atom is 0.234 e. The van der Waals surface area contributed by atoms with Gasteiger partial charge in [-0.15, -0.1) is 0 Å². The Morgan fingerprint density at radius 1 is 1.16 bits per heavy atom. The van der Waals surface area contributed by atoms with Crippen molar-refractivity contribution in [3.05, 3.63) is 0 Å². The Hall–Kier alpha value is -0.610. The van der Waals surface area contributed by atoms with Crippen LogP contribution in [-0.2, 0) is 4.79 Å². The maximum absolute atomic E-state index is 11.9. The average Bonchev–Trinajstić information content (AvgIpc) is 3.05. The molecular formula is C15H29N3O. The summed E-state index contributed by atoms with van der Waals surface area (Å²) in [5, 5.41) is 6.50. The van der Waals surface area contributed by atoms with Crippen molar-refractivity contribution in [1.82, 2.24) is 15.5 Å². The van der Waals surface area contributed by atoms with Crippen LogP contribution in [0.2, 0.25) is 0 Å². The van der Waals surface area contributed by atoms with E-state index < -0.39 is 0 Å². The van der Waals surface area contributed by atoms with Crippen molar-refractivity contribution >= 4 is 5.91 Å². The zero-order valence-corrected chi connectivity index (χ0v) is 12.5. The van der Waals surface area contributed by atoms with E-state index in [1.54, 1.807) is 0 Å². The lowest BCUT2D eigenvalue weighted by atomic mass is 9.96. The second-order valence-electron chi connectivity index (χ2n) is 6.46. The van der Waals surface area contributed by atoms with Gasteiger partial charge in [-0.25, -0.2) is 0 Å². The van der Waals surface area contributed by atoms with Crippen molar-refractivity contribution in [1.29, 1.82) is 0 Å². The van der Waals surface area contributed by atoms with Crippen molar-refractivity contribution in [3.8, 4) is 0 Å². The van der Waals surface area contributed by atoms with Gasteiger partial charge in [-0.1, -0.05) is 25.7 Å². The number of carbonyl (C=O) groups excluding carboxylic acids is 1. The predicted octanol–water partition coefficient (Wildman–Crippen LogP) is 1.51. The lowest BCUT2D eigenvalue weighted by Crippen LogP contribution is -2.52. The van der Waals surface area contributed by atoms with Crippen molar-refractivity contribution < 1.29 is 4.79 Å². The Kier molecular flexibility index (Phi) is 5.22. The molecule has 0 spiro atoms. The summed E-state index contributed by atoms with van der Waals surface area (Å²) >= 11 is 0. The standard InChI is InChI=1S/C15H29N3O/c1-18(2)15(9-5-6-10-15)12-17-14(19)11-16-13-7-3-4-8-13/h13,16H,3-12H2,1-2H3,(H,17,19). The third kappa shape index (κ3) is 3.93. The fourth-order valence-corrected chi connectivity index (χ4v) is 3.51. The van der Waals surface area contributed by atoms with Gasteiger partial charge >= 0.3 is 0 Å². The first-order valence-electron chi connectivity index (χ1n) is 7.80. The van der Waals surface area contributed by atoms with E-state index in [0.29, 0.717) is 12.6 Å². The molecule has 0 atom stereocenters. The van der Waals surface area contributed by atoms with Crippen molar-refractivity contribution in [2.75, 3.05) is 27.2 Å². The molecule has 110 valence electrons. The summed E-state index contributed by atoms with van der Waals surface area (Å²) in [5.74, 6) is 0.153. The summed E-state index contributed by atoms with van der Waals surface area (Å²) < 4.78 is 0. The van der Waals surface area contributed by atoms with Gasteiger partial charge in [0.1, 0.15) is 0 Å². The molecule has 2 rings (SSSR count). The quantitative estimate of drug-likeness (QED) is 0.767. The molecule has 1 amide bonds. The number of carbonyl (C=O) groups is 1. The summed E-state index contributed by atoms with van der Waals surface area (Å²) in [6.07, 6.45) is 10.1. The van der Waals surface area contributed by atoms with Crippen molar-refractivity contribution in [3.63, 3.8) is 0 Å². The Labute approximate surface area is 117 Å². The van der Waals surface area contributed by atoms with E-state index in [4.69, 9.17) is 0 Å².